The molecule has 4 rings (SSSR count). The average molecular weight is 349 g/mol. The van der Waals surface area contributed by atoms with E-state index in [-0.39, 0.29) is 17.5 Å². The first-order chi connectivity index (χ1) is 12.7. The third-order valence-electron chi connectivity index (χ3n) is 4.86. The molecule has 0 bridgehead atoms. The Bertz CT molecular complexity index is 1020. The van der Waals surface area contributed by atoms with Gasteiger partial charge in [0.2, 0.25) is 0 Å². The van der Waals surface area contributed by atoms with E-state index >= 15 is 0 Å². The van der Waals surface area contributed by atoms with E-state index < -0.39 is 5.63 Å². The molecule has 1 amide bonds. The lowest BCUT2D eigenvalue weighted by Gasteiger charge is -2.25. The van der Waals surface area contributed by atoms with Crippen molar-refractivity contribution < 1.29 is 13.9 Å². The molecule has 0 N–H and O–H groups in total. The van der Waals surface area contributed by atoms with Crippen LogP contribution in [0.25, 0.3) is 11.0 Å². The summed E-state index contributed by atoms with van der Waals surface area (Å²) in [6, 6.07) is 16.5. The Hall–Kier alpha value is -3.08. The Morgan fingerprint density at radius 3 is 2.85 bits per heavy atom. The van der Waals surface area contributed by atoms with E-state index in [1.54, 1.807) is 30.2 Å². The number of ether oxygens (including phenoxy) is 1. The van der Waals surface area contributed by atoms with Crippen LogP contribution in [0.3, 0.4) is 0 Å². The van der Waals surface area contributed by atoms with Crippen molar-refractivity contribution in [1.82, 2.24) is 4.90 Å². The second kappa shape index (κ2) is 6.67. The largest absolute Gasteiger partial charge is 0.497 e. The summed E-state index contributed by atoms with van der Waals surface area (Å²) in [5.41, 5.74) is 0.990. The molecule has 2 aromatic carbocycles. The Labute approximate surface area is 150 Å². The van der Waals surface area contributed by atoms with Crippen LogP contribution >= 0.6 is 0 Å². The van der Waals surface area contributed by atoms with Crippen molar-refractivity contribution in [2.75, 3.05) is 13.7 Å². The summed E-state index contributed by atoms with van der Waals surface area (Å²) in [5.74, 6) is 0.474. The van der Waals surface area contributed by atoms with Gasteiger partial charge in [-0.05, 0) is 42.7 Å². The fourth-order valence-corrected chi connectivity index (χ4v) is 3.57. The molecule has 2 heterocycles. The molecule has 0 radical (unpaired) electrons. The molecule has 0 aliphatic carbocycles. The van der Waals surface area contributed by atoms with E-state index in [1.807, 2.05) is 36.4 Å². The maximum absolute atomic E-state index is 13.1. The smallest absolute Gasteiger partial charge is 0.349 e. The van der Waals surface area contributed by atoms with Gasteiger partial charge in [0.1, 0.15) is 16.9 Å². The molecule has 1 fully saturated rings. The number of benzene rings is 2. The van der Waals surface area contributed by atoms with Gasteiger partial charge in [0.15, 0.2) is 0 Å². The van der Waals surface area contributed by atoms with Crippen LogP contribution in [-0.4, -0.2) is 24.5 Å². The van der Waals surface area contributed by atoms with Crippen molar-refractivity contribution in [3.8, 4) is 5.75 Å². The molecule has 1 aliphatic heterocycles. The topological polar surface area (TPSA) is 59.8 Å². The number of rotatable bonds is 3. The normalized spacial score (nSPS) is 16.8. The number of nitrogens with zero attached hydrogens (tertiary/aromatic N) is 1. The number of methoxy groups -OCH3 is 1. The lowest BCUT2D eigenvalue weighted by Crippen LogP contribution is -2.33. The van der Waals surface area contributed by atoms with Gasteiger partial charge >= 0.3 is 5.63 Å². The van der Waals surface area contributed by atoms with Gasteiger partial charge < -0.3 is 14.1 Å². The fraction of sp³-hybridized carbons (Fsp3) is 0.238. The van der Waals surface area contributed by atoms with E-state index in [2.05, 4.69) is 0 Å². The quantitative estimate of drug-likeness (QED) is 0.675. The monoisotopic (exact) mass is 349 g/mol. The molecule has 1 unspecified atom stereocenters. The first-order valence-electron chi connectivity index (χ1n) is 8.65. The van der Waals surface area contributed by atoms with Crippen molar-refractivity contribution in [3.05, 3.63) is 76.1 Å². The van der Waals surface area contributed by atoms with E-state index in [0.717, 1.165) is 29.5 Å². The number of amides is 1. The molecule has 3 aromatic rings. The molecule has 0 spiro atoms. The molecule has 132 valence electrons. The van der Waals surface area contributed by atoms with Gasteiger partial charge in [0.25, 0.3) is 5.91 Å². The van der Waals surface area contributed by atoms with Gasteiger partial charge in [-0.25, -0.2) is 4.79 Å². The minimum Gasteiger partial charge on any atom is -0.497 e. The van der Waals surface area contributed by atoms with Crippen LogP contribution in [0, 0.1) is 0 Å². The van der Waals surface area contributed by atoms with Crippen LogP contribution in [-0.2, 0) is 0 Å². The van der Waals surface area contributed by atoms with Crippen molar-refractivity contribution in [1.29, 1.82) is 0 Å². The molecule has 1 saturated heterocycles. The molecule has 5 heteroatoms. The van der Waals surface area contributed by atoms with Crippen molar-refractivity contribution >= 4 is 16.9 Å². The molecule has 26 heavy (non-hydrogen) atoms. The van der Waals surface area contributed by atoms with E-state index in [9.17, 15) is 9.59 Å². The summed E-state index contributed by atoms with van der Waals surface area (Å²) in [4.78, 5) is 27.2. The SMILES string of the molecule is COc1cccc(C2CCCN2C(=O)c2cc3ccccc3oc2=O)c1. The van der Waals surface area contributed by atoms with Gasteiger partial charge in [-0.3, -0.25) is 4.79 Å². The first-order valence-corrected chi connectivity index (χ1v) is 8.65. The predicted molar refractivity (Wildman–Crippen MR) is 98.5 cm³/mol. The summed E-state index contributed by atoms with van der Waals surface area (Å²) in [6.07, 6.45) is 1.75. The molecule has 1 aliphatic rings. The van der Waals surface area contributed by atoms with Crippen LogP contribution in [0.5, 0.6) is 5.75 Å². The summed E-state index contributed by atoms with van der Waals surface area (Å²) in [5, 5.41) is 0.743. The molecular formula is C21H19NO4. The summed E-state index contributed by atoms with van der Waals surface area (Å²) in [6.45, 7) is 0.618. The number of carbonyl (C=O) groups excluding carboxylic acids is 1. The number of likely N-dealkylation sites (tertiary alicyclic amines) is 1. The van der Waals surface area contributed by atoms with Crippen LogP contribution in [0.4, 0.5) is 0 Å². The van der Waals surface area contributed by atoms with Crippen molar-refractivity contribution in [3.63, 3.8) is 0 Å². The van der Waals surface area contributed by atoms with Crippen molar-refractivity contribution in [2.24, 2.45) is 0 Å². The zero-order valence-corrected chi connectivity index (χ0v) is 14.5. The molecule has 0 saturated carbocycles. The lowest BCUT2D eigenvalue weighted by molar-refractivity contribution is 0.0731. The predicted octanol–water partition coefficient (Wildman–Crippen LogP) is 3.78. The number of para-hydroxylation sites is 1. The second-order valence-corrected chi connectivity index (χ2v) is 6.42. The summed E-state index contributed by atoms with van der Waals surface area (Å²) >= 11 is 0. The molecule has 1 aromatic heterocycles. The molecule has 5 nitrogen and oxygen atoms in total. The van der Waals surface area contributed by atoms with Crippen molar-refractivity contribution in [2.45, 2.75) is 18.9 Å². The Balaban J connectivity index is 1.71. The van der Waals surface area contributed by atoms with E-state index in [4.69, 9.17) is 9.15 Å². The van der Waals surface area contributed by atoms with Gasteiger partial charge in [0, 0.05) is 11.9 Å². The maximum atomic E-state index is 13.1. The number of fused-ring (bicyclic) bond motifs is 1. The minimum absolute atomic E-state index is 0.0662. The number of hydrogen-bond donors (Lipinski definition) is 0. The van der Waals surface area contributed by atoms with Crippen LogP contribution in [0.1, 0.15) is 34.8 Å². The zero-order valence-electron chi connectivity index (χ0n) is 14.5. The Morgan fingerprint density at radius 2 is 2.00 bits per heavy atom. The van der Waals surface area contributed by atoms with Gasteiger partial charge in [-0.2, -0.15) is 0 Å². The van der Waals surface area contributed by atoms with Gasteiger partial charge in [-0.15, -0.1) is 0 Å². The van der Waals surface area contributed by atoms with Crippen LogP contribution in [0.2, 0.25) is 0 Å². The highest BCUT2D eigenvalue weighted by molar-refractivity contribution is 5.97. The van der Waals surface area contributed by atoms with E-state index in [0.29, 0.717) is 12.1 Å². The molecule has 1 atom stereocenters. The highest BCUT2D eigenvalue weighted by Crippen LogP contribution is 2.34. The lowest BCUT2D eigenvalue weighted by atomic mass is 10.0. The highest BCUT2D eigenvalue weighted by atomic mass is 16.5. The minimum atomic E-state index is -0.593. The standard InChI is InChI=1S/C21H19NO4/c1-25-16-8-4-7-14(12-16)18-9-5-11-22(18)20(23)17-13-15-6-2-3-10-19(15)26-21(17)24/h2-4,6-8,10,12-13,18H,5,9,11H2,1H3. The van der Waals surface area contributed by atoms with Gasteiger partial charge in [-0.1, -0.05) is 30.3 Å². The van der Waals surface area contributed by atoms with Crippen LogP contribution < -0.4 is 10.4 Å². The van der Waals surface area contributed by atoms with Crippen LogP contribution in [0.15, 0.2) is 63.8 Å². The first kappa shape index (κ1) is 16.4. The third-order valence-corrected chi connectivity index (χ3v) is 4.86. The number of hydrogen-bond acceptors (Lipinski definition) is 4. The van der Waals surface area contributed by atoms with E-state index in [1.165, 1.54) is 0 Å². The van der Waals surface area contributed by atoms with Gasteiger partial charge in [0.05, 0.1) is 13.2 Å². The highest BCUT2D eigenvalue weighted by Gasteiger charge is 2.32. The Kier molecular flexibility index (Phi) is 4.21. The zero-order chi connectivity index (χ0) is 18.1. The average Bonchev–Trinajstić information content (AvgIpc) is 3.17. The Morgan fingerprint density at radius 1 is 1.15 bits per heavy atom. The molecular weight excluding hydrogens is 330 g/mol. The third kappa shape index (κ3) is 2.86. The summed E-state index contributed by atoms with van der Waals surface area (Å²) in [7, 11) is 1.62. The maximum Gasteiger partial charge on any atom is 0.349 e. The number of carbonyl (C=O) groups is 1. The fourth-order valence-electron chi connectivity index (χ4n) is 3.57. The second-order valence-electron chi connectivity index (χ2n) is 6.42. The summed E-state index contributed by atoms with van der Waals surface area (Å²) < 4.78 is 10.6.